The summed E-state index contributed by atoms with van der Waals surface area (Å²) < 4.78 is 0. The maximum absolute atomic E-state index is 12.6. The van der Waals surface area contributed by atoms with Gasteiger partial charge in [-0.3, -0.25) is 9.59 Å². The molecule has 1 unspecified atom stereocenters. The SMILES string of the molecule is Cc1ccc(C2C(=C(O)c3ccccc3)C(=O)C(=O)N2CCO)cc1. The van der Waals surface area contributed by atoms with Crippen molar-refractivity contribution >= 4 is 17.4 Å². The zero-order valence-electron chi connectivity index (χ0n) is 13.8. The van der Waals surface area contributed by atoms with Crippen LogP contribution in [0.2, 0.25) is 0 Å². The van der Waals surface area contributed by atoms with Crippen molar-refractivity contribution < 1.29 is 19.8 Å². The van der Waals surface area contributed by atoms with Gasteiger partial charge in [0.25, 0.3) is 11.7 Å². The Kier molecular flexibility index (Phi) is 4.67. The highest BCUT2D eigenvalue weighted by atomic mass is 16.3. The van der Waals surface area contributed by atoms with Gasteiger partial charge in [0.05, 0.1) is 18.2 Å². The minimum Gasteiger partial charge on any atom is -0.507 e. The minimum atomic E-state index is -0.736. The Morgan fingerprint density at radius 3 is 2.28 bits per heavy atom. The van der Waals surface area contributed by atoms with Crippen LogP contribution in [0.4, 0.5) is 0 Å². The zero-order chi connectivity index (χ0) is 18.0. The molecule has 0 aliphatic carbocycles. The molecule has 1 aliphatic rings. The predicted octanol–water partition coefficient (Wildman–Crippen LogP) is 2.41. The molecule has 1 fully saturated rings. The van der Waals surface area contributed by atoms with E-state index in [0.717, 1.165) is 11.1 Å². The first-order chi connectivity index (χ1) is 12.0. The minimum absolute atomic E-state index is 0.0225. The molecule has 0 spiro atoms. The van der Waals surface area contributed by atoms with Crippen molar-refractivity contribution in [2.45, 2.75) is 13.0 Å². The van der Waals surface area contributed by atoms with Crippen LogP contribution < -0.4 is 0 Å². The topological polar surface area (TPSA) is 77.8 Å². The third-order valence-corrected chi connectivity index (χ3v) is 4.32. The van der Waals surface area contributed by atoms with Crippen molar-refractivity contribution in [1.29, 1.82) is 0 Å². The summed E-state index contributed by atoms with van der Waals surface area (Å²) in [6, 6.07) is 15.4. The number of nitrogens with zero attached hydrogens (tertiary/aromatic N) is 1. The molecule has 2 N–H and O–H groups in total. The van der Waals surface area contributed by atoms with Gasteiger partial charge in [-0.05, 0) is 12.5 Å². The highest BCUT2D eigenvalue weighted by Gasteiger charge is 2.45. The average Bonchev–Trinajstić information content (AvgIpc) is 2.88. The maximum atomic E-state index is 12.6. The van der Waals surface area contributed by atoms with Gasteiger partial charge in [-0.15, -0.1) is 0 Å². The first-order valence-corrected chi connectivity index (χ1v) is 8.06. The Balaban J connectivity index is 2.18. The lowest BCUT2D eigenvalue weighted by atomic mass is 9.95. The predicted molar refractivity (Wildman–Crippen MR) is 93.7 cm³/mol. The third-order valence-electron chi connectivity index (χ3n) is 4.32. The standard InChI is InChI=1S/C20H19NO4/c1-13-7-9-14(10-8-13)17-16(18(23)15-5-3-2-4-6-15)19(24)20(25)21(17)11-12-22/h2-10,17,22-23H,11-12H2,1H3. The fourth-order valence-electron chi connectivity index (χ4n) is 3.07. The summed E-state index contributed by atoms with van der Waals surface area (Å²) in [5.74, 6) is -1.65. The molecule has 0 bridgehead atoms. The number of rotatable bonds is 4. The van der Waals surface area contributed by atoms with Gasteiger partial charge >= 0.3 is 0 Å². The molecule has 0 radical (unpaired) electrons. The van der Waals surface area contributed by atoms with E-state index in [1.807, 2.05) is 31.2 Å². The molecule has 0 aromatic heterocycles. The van der Waals surface area contributed by atoms with Crippen molar-refractivity contribution in [3.63, 3.8) is 0 Å². The fraction of sp³-hybridized carbons (Fsp3) is 0.200. The van der Waals surface area contributed by atoms with E-state index in [2.05, 4.69) is 0 Å². The van der Waals surface area contributed by atoms with E-state index in [1.165, 1.54) is 4.90 Å². The Morgan fingerprint density at radius 2 is 1.68 bits per heavy atom. The first kappa shape index (κ1) is 16.9. The first-order valence-electron chi connectivity index (χ1n) is 8.06. The maximum Gasteiger partial charge on any atom is 0.295 e. The molecule has 5 heteroatoms. The van der Waals surface area contributed by atoms with E-state index >= 15 is 0 Å². The Hall–Kier alpha value is -2.92. The number of hydrogen-bond acceptors (Lipinski definition) is 4. The summed E-state index contributed by atoms with van der Waals surface area (Å²) >= 11 is 0. The molecular weight excluding hydrogens is 318 g/mol. The Morgan fingerprint density at radius 1 is 1.04 bits per heavy atom. The molecule has 5 nitrogen and oxygen atoms in total. The molecular formula is C20H19NO4. The molecule has 1 heterocycles. The van der Waals surface area contributed by atoms with Gasteiger partial charge in [0.2, 0.25) is 0 Å². The van der Waals surface area contributed by atoms with Crippen LogP contribution >= 0.6 is 0 Å². The molecule has 1 atom stereocenters. The number of aryl methyl sites for hydroxylation is 1. The largest absolute Gasteiger partial charge is 0.507 e. The number of carbonyl (C=O) groups is 2. The smallest absolute Gasteiger partial charge is 0.295 e. The Labute approximate surface area is 145 Å². The molecule has 0 saturated carbocycles. The number of hydrogen-bond donors (Lipinski definition) is 2. The number of carbonyl (C=O) groups excluding carboxylic acids is 2. The van der Waals surface area contributed by atoms with Crippen molar-refractivity contribution in [2.75, 3.05) is 13.2 Å². The second kappa shape index (κ2) is 6.91. The third kappa shape index (κ3) is 3.06. The molecule has 128 valence electrons. The van der Waals surface area contributed by atoms with Gasteiger partial charge in [-0.1, -0.05) is 60.2 Å². The zero-order valence-corrected chi connectivity index (χ0v) is 13.8. The van der Waals surface area contributed by atoms with E-state index < -0.39 is 17.7 Å². The quantitative estimate of drug-likeness (QED) is 0.510. The molecule has 3 rings (SSSR count). The van der Waals surface area contributed by atoms with Gasteiger partial charge < -0.3 is 15.1 Å². The van der Waals surface area contributed by atoms with Crippen molar-refractivity contribution in [3.05, 3.63) is 76.9 Å². The van der Waals surface area contributed by atoms with E-state index in [9.17, 15) is 19.8 Å². The van der Waals surface area contributed by atoms with Crippen molar-refractivity contribution in [2.24, 2.45) is 0 Å². The lowest BCUT2D eigenvalue weighted by molar-refractivity contribution is -0.140. The van der Waals surface area contributed by atoms with Crippen LogP contribution in [0.25, 0.3) is 5.76 Å². The lowest BCUT2D eigenvalue weighted by Gasteiger charge is -2.24. The van der Waals surface area contributed by atoms with Crippen molar-refractivity contribution in [1.82, 2.24) is 4.90 Å². The normalized spacial score (nSPS) is 19.4. The van der Waals surface area contributed by atoms with E-state index in [0.29, 0.717) is 5.56 Å². The highest BCUT2D eigenvalue weighted by molar-refractivity contribution is 6.46. The number of aliphatic hydroxyl groups excluding tert-OH is 2. The van der Waals surface area contributed by atoms with E-state index in [1.54, 1.807) is 30.3 Å². The van der Waals surface area contributed by atoms with Crippen LogP contribution in [0.3, 0.4) is 0 Å². The summed E-state index contributed by atoms with van der Waals surface area (Å²) in [7, 11) is 0. The number of amides is 1. The summed E-state index contributed by atoms with van der Waals surface area (Å²) in [4.78, 5) is 26.3. The van der Waals surface area contributed by atoms with Crippen LogP contribution in [-0.4, -0.2) is 40.0 Å². The number of likely N-dealkylation sites (tertiary alicyclic amines) is 1. The summed E-state index contributed by atoms with van der Waals surface area (Å²) in [5.41, 5.74) is 2.29. The van der Waals surface area contributed by atoms with Crippen LogP contribution in [0, 0.1) is 6.92 Å². The average molecular weight is 337 g/mol. The number of Topliss-reactive ketones (excluding diaryl/α,β-unsaturated/α-hetero) is 1. The second-order valence-electron chi connectivity index (χ2n) is 5.99. The van der Waals surface area contributed by atoms with Gasteiger partial charge in [0.1, 0.15) is 5.76 Å². The number of ketones is 1. The summed E-state index contributed by atoms with van der Waals surface area (Å²) in [5, 5.41) is 20.0. The molecule has 25 heavy (non-hydrogen) atoms. The van der Waals surface area contributed by atoms with Gasteiger partial charge in [0.15, 0.2) is 0 Å². The molecule has 1 aliphatic heterocycles. The fourth-order valence-corrected chi connectivity index (χ4v) is 3.07. The molecule has 2 aromatic carbocycles. The van der Waals surface area contributed by atoms with Gasteiger partial charge in [-0.2, -0.15) is 0 Å². The summed E-state index contributed by atoms with van der Waals surface area (Å²) in [6.45, 7) is 1.70. The Bertz CT molecular complexity index is 825. The summed E-state index contributed by atoms with van der Waals surface area (Å²) in [6.07, 6.45) is 0. The molecule has 1 saturated heterocycles. The number of benzene rings is 2. The molecule has 2 aromatic rings. The van der Waals surface area contributed by atoms with Crippen molar-refractivity contribution in [3.8, 4) is 0 Å². The van der Waals surface area contributed by atoms with Gasteiger partial charge in [0, 0.05) is 12.1 Å². The van der Waals surface area contributed by atoms with E-state index in [4.69, 9.17) is 0 Å². The van der Waals surface area contributed by atoms with E-state index in [-0.39, 0.29) is 24.5 Å². The van der Waals surface area contributed by atoms with Gasteiger partial charge in [-0.25, -0.2) is 0 Å². The van der Waals surface area contributed by atoms with Crippen LogP contribution in [0.1, 0.15) is 22.7 Å². The van der Waals surface area contributed by atoms with Crippen LogP contribution in [0.5, 0.6) is 0 Å². The lowest BCUT2D eigenvalue weighted by Crippen LogP contribution is -2.32. The number of aliphatic hydroxyl groups is 2. The monoisotopic (exact) mass is 337 g/mol. The molecule has 1 amide bonds. The van der Waals surface area contributed by atoms with Crippen LogP contribution in [-0.2, 0) is 9.59 Å². The highest BCUT2D eigenvalue weighted by Crippen LogP contribution is 2.39. The second-order valence-corrected chi connectivity index (χ2v) is 5.99. The number of β-amino-alcohol motifs (C(OH)–C–C–N with tert-alkyl or cyclic N) is 1. The van der Waals surface area contributed by atoms with Crippen LogP contribution in [0.15, 0.2) is 60.2 Å².